The molecule has 4 nitrogen and oxygen atoms in total. The summed E-state index contributed by atoms with van der Waals surface area (Å²) in [6, 6.07) is 6.35. The molecular formula is C18H25N3O. The van der Waals surface area contributed by atoms with Gasteiger partial charge >= 0.3 is 0 Å². The van der Waals surface area contributed by atoms with Crippen LogP contribution in [0.25, 0.3) is 11.3 Å². The Morgan fingerprint density at radius 3 is 2.32 bits per heavy atom. The molecule has 118 valence electrons. The summed E-state index contributed by atoms with van der Waals surface area (Å²) >= 11 is 0. The van der Waals surface area contributed by atoms with Crippen LogP contribution in [0.2, 0.25) is 0 Å². The van der Waals surface area contributed by atoms with Crippen molar-refractivity contribution in [1.82, 2.24) is 14.7 Å². The second-order valence-corrected chi connectivity index (χ2v) is 6.68. The summed E-state index contributed by atoms with van der Waals surface area (Å²) in [7, 11) is 3.54. The molecule has 0 fully saturated rings. The molecule has 0 atom stereocenters. The highest BCUT2D eigenvalue weighted by Crippen LogP contribution is 2.28. The molecule has 1 aromatic carbocycles. The molecule has 1 heterocycles. The summed E-state index contributed by atoms with van der Waals surface area (Å²) in [6.45, 7) is 10.0. The molecule has 4 heteroatoms. The summed E-state index contributed by atoms with van der Waals surface area (Å²) in [6.07, 6.45) is 1.95. The van der Waals surface area contributed by atoms with E-state index in [2.05, 4.69) is 32.0 Å². The maximum absolute atomic E-state index is 12.4. The van der Waals surface area contributed by atoms with Crippen LogP contribution in [-0.2, 0) is 10.3 Å². The fourth-order valence-electron chi connectivity index (χ4n) is 2.74. The lowest BCUT2D eigenvalue weighted by atomic mass is 10.0. The first-order valence-electron chi connectivity index (χ1n) is 7.50. The van der Waals surface area contributed by atoms with Gasteiger partial charge in [-0.1, -0.05) is 23.8 Å². The highest BCUT2D eigenvalue weighted by Gasteiger charge is 2.32. The number of hydrogen-bond acceptors (Lipinski definition) is 2. The number of likely N-dealkylation sites (N-methyl/N-ethyl adjacent to an activating group) is 1. The van der Waals surface area contributed by atoms with Crippen molar-refractivity contribution in [2.75, 3.05) is 14.1 Å². The Labute approximate surface area is 132 Å². The number of amides is 1. The van der Waals surface area contributed by atoms with Crippen LogP contribution < -0.4 is 0 Å². The summed E-state index contributed by atoms with van der Waals surface area (Å²) in [5, 5.41) is 4.71. The molecule has 0 aliphatic rings. The molecular weight excluding hydrogens is 274 g/mol. The molecule has 0 aliphatic carbocycles. The molecule has 0 radical (unpaired) electrons. The van der Waals surface area contributed by atoms with E-state index in [1.807, 2.05) is 27.0 Å². The number of hydrogen-bond donors (Lipinski definition) is 0. The van der Waals surface area contributed by atoms with Gasteiger partial charge in [0.25, 0.3) is 0 Å². The van der Waals surface area contributed by atoms with E-state index in [1.54, 1.807) is 23.7 Å². The number of aryl methyl sites for hydroxylation is 3. The Morgan fingerprint density at radius 2 is 1.77 bits per heavy atom. The lowest BCUT2D eigenvalue weighted by Gasteiger charge is -2.27. The number of carbonyl (C=O) groups excluding carboxylic acids is 1. The van der Waals surface area contributed by atoms with E-state index >= 15 is 0 Å². The van der Waals surface area contributed by atoms with E-state index in [0.29, 0.717) is 0 Å². The lowest BCUT2D eigenvalue weighted by molar-refractivity contribution is -0.137. The number of benzene rings is 1. The molecule has 0 saturated heterocycles. The van der Waals surface area contributed by atoms with Gasteiger partial charge in [-0.15, -0.1) is 0 Å². The molecule has 2 rings (SSSR count). The van der Waals surface area contributed by atoms with Crippen LogP contribution >= 0.6 is 0 Å². The molecule has 2 aromatic rings. The predicted octanol–water partition coefficient (Wildman–Crippen LogP) is 3.30. The van der Waals surface area contributed by atoms with Crippen molar-refractivity contribution in [3.05, 3.63) is 41.1 Å². The van der Waals surface area contributed by atoms with Gasteiger partial charge in [-0.3, -0.25) is 9.48 Å². The molecule has 22 heavy (non-hydrogen) atoms. The number of carbonyl (C=O) groups is 1. The van der Waals surface area contributed by atoms with Crippen LogP contribution in [0.5, 0.6) is 0 Å². The standard InChI is InChI=1S/C18H25N3O/c1-12-8-9-15(13(2)10-12)16-14(3)11-21(19-16)18(4,5)17(22)20(6)7/h8-11H,1-7H3. The normalized spacial score (nSPS) is 11.6. The van der Waals surface area contributed by atoms with Crippen molar-refractivity contribution in [3.8, 4) is 11.3 Å². The molecule has 1 aromatic heterocycles. The monoisotopic (exact) mass is 299 g/mol. The Hall–Kier alpha value is -2.10. The van der Waals surface area contributed by atoms with Crippen molar-refractivity contribution in [2.45, 2.75) is 40.2 Å². The second kappa shape index (κ2) is 5.59. The van der Waals surface area contributed by atoms with Gasteiger partial charge in [0.05, 0.1) is 5.69 Å². The van der Waals surface area contributed by atoms with E-state index in [9.17, 15) is 4.79 Å². The number of rotatable bonds is 3. The van der Waals surface area contributed by atoms with Crippen molar-refractivity contribution < 1.29 is 4.79 Å². The quantitative estimate of drug-likeness (QED) is 0.872. The fraction of sp³-hybridized carbons (Fsp3) is 0.444. The molecule has 0 N–H and O–H groups in total. The maximum Gasteiger partial charge on any atom is 0.249 e. The van der Waals surface area contributed by atoms with Gasteiger partial charge in [-0.25, -0.2) is 0 Å². The van der Waals surface area contributed by atoms with E-state index in [0.717, 1.165) is 16.8 Å². The first-order chi connectivity index (χ1) is 10.1. The van der Waals surface area contributed by atoms with Gasteiger partial charge in [-0.2, -0.15) is 5.10 Å². The third kappa shape index (κ3) is 2.78. The zero-order valence-electron chi connectivity index (χ0n) is 14.6. The fourth-order valence-corrected chi connectivity index (χ4v) is 2.74. The van der Waals surface area contributed by atoms with Crippen molar-refractivity contribution in [3.63, 3.8) is 0 Å². The minimum Gasteiger partial charge on any atom is -0.347 e. The van der Waals surface area contributed by atoms with Crippen molar-refractivity contribution >= 4 is 5.91 Å². The van der Waals surface area contributed by atoms with E-state index < -0.39 is 5.54 Å². The zero-order valence-corrected chi connectivity index (χ0v) is 14.6. The molecule has 1 amide bonds. The molecule has 0 spiro atoms. The summed E-state index contributed by atoms with van der Waals surface area (Å²) < 4.78 is 1.78. The summed E-state index contributed by atoms with van der Waals surface area (Å²) in [5.41, 5.74) is 4.87. The highest BCUT2D eigenvalue weighted by molar-refractivity contribution is 5.83. The van der Waals surface area contributed by atoms with Gasteiger partial charge in [-0.05, 0) is 45.7 Å². The van der Waals surface area contributed by atoms with Gasteiger partial charge in [0.2, 0.25) is 5.91 Å². The second-order valence-electron chi connectivity index (χ2n) is 6.68. The largest absolute Gasteiger partial charge is 0.347 e. The molecule has 0 saturated carbocycles. The maximum atomic E-state index is 12.4. The van der Waals surface area contributed by atoms with Crippen LogP contribution in [0.1, 0.15) is 30.5 Å². The SMILES string of the molecule is Cc1ccc(-c2nn(C(C)(C)C(=O)N(C)C)cc2C)c(C)c1. The van der Waals surface area contributed by atoms with Gasteiger partial charge in [0, 0.05) is 25.9 Å². The van der Waals surface area contributed by atoms with Gasteiger partial charge < -0.3 is 4.90 Å². The van der Waals surface area contributed by atoms with Crippen LogP contribution in [0.4, 0.5) is 0 Å². The first kappa shape index (κ1) is 16.3. The van der Waals surface area contributed by atoms with Crippen LogP contribution in [0.15, 0.2) is 24.4 Å². The van der Waals surface area contributed by atoms with E-state index in [1.165, 1.54) is 11.1 Å². The lowest BCUT2D eigenvalue weighted by Crippen LogP contribution is -2.44. The third-order valence-electron chi connectivity index (χ3n) is 4.04. The van der Waals surface area contributed by atoms with E-state index in [4.69, 9.17) is 5.10 Å². The Morgan fingerprint density at radius 1 is 1.14 bits per heavy atom. The Kier molecular flexibility index (Phi) is 4.14. The van der Waals surface area contributed by atoms with Gasteiger partial charge in [0.1, 0.15) is 5.54 Å². The van der Waals surface area contributed by atoms with E-state index in [-0.39, 0.29) is 5.91 Å². The zero-order chi connectivity index (χ0) is 16.7. The van der Waals surface area contributed by atoms with Crippen molar-refractivity contribution in [2.24, 2.45) is 0 Å². The molecule has 0 aliphatic heterocycles. The minimum atomic E-state index is -0.703. The first-order valence-corrected chi connectivity index (χ1v) is 7.50. The third-order valence-corrected chi connectivity index (χ3v) is 4.04. The van der Waals surface area contributed by atoms with Crippen LogP contribution in [0, 0.1) is 20.8 Å². The predicted molar refractivity (Wildman–Crippen MR) is 89.9 cm³/mol. The molecule has 0 bridgehead atoms. The summed E-state index contributed by atoms with van der Waals surface area (Å²) in [5.74, 6) is 0.0298. The Balaban J connectivity index is 2.51. The smallest absolute Gasteiger partial charge is 0.249 e. The van der Waals surface area contributed by atoms with Crippen LogP contribution in [0.3, 0.4) is 0 Å². The minimum absolute atomic E-state index is 0.0298. The number of aromatic nitrogens is 2. The topological polar surface area (TPSA) is 38.1 Å². The Bertz CT molecular complexity index is 711. The van der Waals surface area contributed by atoms with Gasteiger partial charge in [0.15, 0.2) is 0 Å². The molecule has 0 unspecified atom stereocenters. The van der Waals surface area contributed by atoms with Crippen LogP contribution in [-0.4, -0.2) is 34.7 Å². The number of nitrogens with zero attached hydrogens (tertiary/aromatic N) is 3. The highest BCUT2D eigenvalue weighted by atomic mass is 16.2. The summed E-state index contributed by atoms with van der Waals surface area (Å²) in [4.78, 5) is 14.0. The average Bonchev–Trinajstić information content (AvgIpc) is 2.80. The van der Waals surface area contributed by atoms with Crippen molar-refractivity contribution in [1.29, 1.82) is 0 Å². The average molecular weight is 299 g/mol.